The fourth-order valence-electron chi connectivity index (χ4n) is 2.36. The first-order valence-electron chi connectivity index (χ1n) is 6.60. The van der Waals surface area contributed by atoms with Gasteiger partial charge in [-0.25, -0.2) is 0 Å². The molecular formula is C13H22N4O. The minimum absolute atomic E-state index is 0.240. The highest BCUT2D eigenvalue weighted by atomic mass is 16.2. The summed E-state index contributed by atoms with van der Waals surface area (Å²) in [6.45, 7) is 8.76. The van der Waals surface area contributed by atoms with Gasteiger partial charge in [-0.15, -0.1) is 0 Å². The number of hydrogen-bond donors (Lipinski definition) is 2. The van der Waals surface area contributed by atoms with E-state index in [0.29, 0.717) is 12.5 Å². The van der Waals surface area contributed by atoms with Crippen LogP contribution in [0.1, 0.15) is 30.3 Å². The van der Waals surface area contributed by atoms with Crippen molar-refractivity contribution in [2.24, 2.45) is 0 Å². The van der Waals surface area contributed by atoms with Gasteiger partial charge in [-0.2, -0.15) is 5.10 Å². The van der Waals surface area contributed by atoms with Crippen molar-refractivity contribution in [3.63, 3.8) is 0 Å². The van der Waals surface area contributed by atoms with Crippen LogP contribution in [0.15, 0.2) is 0 Å². The molecule has 0 aromatic carbocycles. The molecule has 0 radical (unpaired) electrons. The monoisotopic (exact) mass is 250 g/mol. The van der Waals surface area contributed by atoms with Crippen LogP contribution in [0.4, 0.5) is 0 Å². The zero-order valence-electron chi connectivity index (χ0n) is 11.4. The molecule has 1 fully saturated rings. The molecule has 5 heteroatoms. The first-order valence-corrected chi connectivity index (χ1v) is 6.60. The van der Waals surface area contributed by atoms with Crippen molar-refractivity contribution in [1.82, 2.24) is 20.4 Å². The lowest BCUT2D eigenvalue weighted by Crippen LogP contribution is -2.52. The number of carbonyl (C=O) groups is 1. The van der Waals surface area contributed by atoms with E-state index in [1.165, 1.54) is 5.56 Å². The molecule has 2 rings (SSSR count). The van der Waals surface area contributed by atoms with Gasteiger partial charge in [0.05, 0.1) is 5.69 Å². The molecule has 5 nitrogen and oxygen atoms in total. The molecular weight excluding hydrogens is 228 g/mol. The first-order chi connectivity index (χ1) is 8.59. The molecule has 2 heterocycles. The molecule has 1 amide bonds. The van der Waals surface area contributed by atoms with Crippen LogP contribution in [0.5, 0.6) is 0 Å². The van der Waals surface area contributed by atoms with Crippen LogP contribution in [0.2, 0.25) is 0 Å². The maximum atomic E-state index is 12.2. The second-order valence-electron chi connectivity index (χ2n) is 5.06. The van der Waals surface area contributed by atoms with Crippen LogP contribution in [0.3, 0.4) is 0 Å². The Kier molecular flexibility index (Phi) is 4.01. The second-order valence-corrected chi connectivity index (χ2v) is 5.06. The number of aromatic amines is 1. The largest absolute Gasteiger partial charge is 0.337 e. The molecule has 1 unspecified atom stereocenters. The smallest absolute Gasteiger partial charge is 0.223 e. The van der Waals surface area contributed by atoms with Crippen molar-refractivity contribution in [3.05, 3.63) is 17.0 Å². The van der Waals surface area contributed by atoms with E-state index in [9.17, 15) is 4.79 Å². The van der Waals surface area contributed by atoms with Crippen LogP contribution in [0, 0.1) is 13.8 Å². The number of H-pyrrole nitrogens is 1. The van der Waals surface area contributed by atoms with E-state index < -0.39 is 0 Å². The lowest BCUT2D eigenvalue weighted by Gasteiger charge is -2.34. The summed E-state index contributed by atoms with van der Waals surface area (Å²) >= 11 is 0. The Labute approximate surface area is 108 Å². The Balaban J connectivity index is 1.90. The summed E-state index contributed by atoms with van der Waals surface area (Å²) in [4.78, 5) is 14.1. The molecule has 1 aliphatic rings. The molecule has 1 saturated heterocycles. The molecule has 18 heavy (non-hydrogen) atoms. The average Bonchev–Trinajstić information content (AvgIpc) is 2.68. The number of nitrogens with zero attached hydrogens (tertiary/aromatic N) is 2. The van der Waals surface area contributed by atoms with Gasteiger partial charge in [0.2, 0.25) is 5.91 Å². The number of aromatic nitrogens is 2. The van der Waals surface area contributed by atoms with Gasteiger partial charge < -0.3 is 10.2 Å². The Morgan fingerprint density at radius 2 is 2.28 bits per heavy atom. The molecule has 1 atom stereocenters. The summed E-state index contributed by atoms with van der Waals surface area (Å²) in [7, 11) is 0. The van der Waals surface area contributed by atoms with Crippen molar-refractivity contribution < 1.29 is 4.79 Å². The molecule has 1 aliphatic heterocycles. The average molecular weight is 250 g/mol. The van der Waals surface area contributed by atoms with Gasteiger partial charge in [-0.1, -0.05) is 0 Å². The number of nitrogens with one attached hydrogen (secondary N) is 2. The first kappa shape index (κ1) is 13.1. The number of rotatable bonds is 3. The predicted molar refractivity (Wildman–Crippen MR) is 70.4 cm³/mol. The van der Waals surface area contributed by atoms with E-state index >= 15 is 0 Å². The maximum Gasteiger partial charge on any atom is 0.223 e. The van der Waals surface area contributed by atoms with Gasteiger partial charge >= 0.3 is 0 Å². The quantitative estimate of drug-likeness (QED) is 0.833. The van der Waals surface area contributed by atoms with Crippen molar-refractivity contribution >= 4 is 5.91 Å². The van der Waals surface area contributed by atoms with Crippen molar-refractivity contribution in [1.29, 1.82) is 0 Å². The van der Waals surface area contributed by atoms with Gasteiger partial charge in [0.25, 0.3) is 0 Å². The molecule has 0 aliphatic carbocycles. The molecule has 1 aromatic heterocycles. The van der Waals surface area contributed by atoms with Crippen LogP contribution >= 0.6 is 0 Å². The van der Waals surface area contributed by atoms with Crippen LogP contribution in [-0.4, -0.2) is 46.7 Å². The Hall–Kier alpha value is -1.36. The fraction of sp³-hybridized carbons (Fsp3) is 0.692. The molecule has 100 valence electrons. The highest BCUT2D eigenvalue weighted by Gasteiger charge is 2.22. The topological polar surface area (TPSA) is 61.0 Å². The van der Waals surface area contributed by atoms with E-state index in [-0.39, 0.29) is 5.91 Å². The molecule has 1 aromatic rings. The highest BCUT2D eigenvalue weighted by Crippen LogP contribution is 2.12. The number of carbonyl (C=O) groups excluding carboxylic acids is 1. The zero-order valence-corrected chi connectivity index (χ0v) is 11.4. The highest BCUT2D eigenvalue weighted by molar-refractivity contribution is 5.77. The lowest BCUT2D eigenvalue weighted by molar-refractivity contribution is -0.133. The van der Waals surface area contributed by atoms with E-state index in [2.05, 4.69) is 22.4 Å². The Bertz CT molecular complexity index is 427. The van der Waals surface area contributed by atoms with Crippen molar-refractivity contribution in [3.8, 4) is 0 Å². The van der Waals surface area contributed by atoms with Crippen molar-refractivity contribution in [2.45, 2.75) is 39.7 Å². The summed E-state index contributed by atoms with van der Waals surface area (Å²) in [5, 5.41) is 10.5. The van der Waals surface area contributed by atoms with E-state index in [0.717, 1.165) is 37.4 Å². The Morgan fingerprint density at radius 1 is 1.50 bits per heavy atom. The lowest BCUT2D eigenvalue weighted by atomic mass is 10.1. The van der Waals surface area contributed by atoms with Gasteiger partial charge in [-0.3, -0.25) is 9.89 Å². The third-order valence-corrected chi connectivity index (χ3v) is 3.75. The van der Waals surface area contributed by atoms with Crippen LogP contribution in [0.25, 0.3) is 0 Å². The van der Waals surface area contributed by atoms with Crippen LogP contribution in [-0.2, 0) is 11.2 Å². The fourth-order valence-corrected chi connectivity index (χ4v) is 2.36. The standard InChI is InChI=1S/C13H22N4O/c1-9-8-14-6-7-17(9)13(18)5-4-12-10(2)11(3)15-16-12/h9,14H,4-8H2,1-3H3,(H,15,16). The van der Waals surface area contributed by atoms with E-state index in [1.54, 1.807) is 0 Å². The summed E-state index contributed by atoms with van der Waals surface area (Å²) < 4.78 is 0. The number of hydrogen-bond acceptors (Lipinski definition) is 3. The molecule has 0 spiro atoms. The third-order valence-electron chi connectivity index (χ3n) is 3.75. The number of amides is 1. The third kappa shape index (κ3) is 2.72. The Morgan fingerprint density at radius 3 is 2.89 bits per heavy atom. The number of piperazine rings is 1. The van der Waals surface area contributed by atoms with E-state index in [1.807, 2.05) is 18.7 Å². The number of aryl methyl sites for hydroxylation is 2. The SMILES string of the molecule is Cc1[nH]nc(CCC(=O)N2CCNCC2C)c1C. The second kappa shape index (κ2) is 5.52. The normalized spacial score (nSPS) is 20.2. The maximum absolute atomic E-state index is 12.2. The van der Waals surface area contributed by atoms with Crippen LogP contribution < -0.4 is 5.32 Å². The minimum atomic E-state index is 0.240. The summed E-state index contributed by atoms with van der Waals surface area (Å²) in [6, 6.07) is 0.299. The molecule has 2 N–H and O–H groups in total. The summed E-state index contributed by atoms with van der Waals surface area (Å²) in [5.74, 6) is 0.240. The predicted octanol–water partition coefficient (Wildman–Crippen LogP) is 0.779. The van der Waals surface area contributed by atoms with Gasteiger partial charge in [0.1, 0.15) is 0 Å². The summed E-state index contributed by atoms with van der Waals surface area (Å²) in [5.41, 5.74) is 3.28. The zero-order chi connectivity index (χ0) is 13.1. The molecule has 0 bridgehead atoms. The summed E-state index contributed by atoms with van der Waals surface area (Å²) in [6.07, 6.45) is 1.28. The van der Waals surface area contributed by atoms with Gasteiger partial charge in [0.15, 0.2) is 0 Å². The molecule has 0 saturated carbocycles. The minimum Gasteiger partial charge on any atom is -0.337 e. The van der Waals surface area contributed by atoms with E-state index in [4.69, 9.17) is 0 Å². The van der Waals surface area contributed by atoms with Crippen molar-refractivity contribution in [2.75, 3.05) is 19.6 Å². The van der Waals surface area contributed by atoms with Gasteiger partial charge in [-0.05, 0) is 26.3 Å². The van der Waals surface area contributed by atoms with Gasteiger partial charge in [0, 0.05) is 44.2 Å².